The molecule has 0 bridgehead atoms. The molecular formula is C15H30F3NO3S. The van der Waals surface area contributed by atoms with Crippen LogP contribution in [0.3, 0.4) is 0 Å². The molecule has 0 aromatic carbocycles. The van der Waals surface area contributed by atoms with E-state index in [1.54, 1.807) is 0 Å². The minimum atomic E-state index is -6.09. The van der Waals surface area contributed by atoms with Gasteiger partial charge >= 0.3 is 5.51 Å². The Kier molecular flexibility index (Phi) is 11.9. The molecule has 1 rings (SSSR count). The average Bonchev–Trinajstić information content (AvgIpc) is 2.93. The molecule has 1 heterocycles. The zero-order valence-corrected chi connectivity index (χ0v) is 14.8. The predicted octanol–water partition coefficient (Wildman–Crippen LogP) is 2.86. The number of nitrogens with one attached hydrogen (secondary N) is 1. The summed E-state index contributed by atoms with van der Waals surface area (Å²) >= 11 is 0. The van der Waals surface area contributed by atoms with Gasteiger partial charge in [0.2, 0.25) is 0 Å². The molecule has 1 fully saturated rings. The van der Waals surface area contributed by atoms with E-state index in [-0.39, 0.29) is 0 Å². The summed E-state index contributed by atoms with van der Waals surface area (Å²) in [6, 6.07) is 0. The minimum Gasteiger partial charge on any atom is -0.741 e. The third kappa shape index (κ3) is 12.7. The Morgan fingerprint density at radius 1 is 0.913 bits per heavy atom. The number of unbranched alkanes of at least 4 members (excludes halogenated alkanes) is 7. The van der Waals surface area contributed by atoms with Crippen LogP contribution in [-0.2, 0) is 10.1 Å². The van der Waals surface area contributed by atoms with Gasteiger partial charge in [-0.3, -0.25) is 0 Å². The number of hydrogen-bond acceptors (Lipinski definition) is 3. The van der Waals surface area contributed by atoms with Crippen molar-refractivity contribution in [2.75, 3.05) is 19.6 Å². The third-order valence-electron chi connectivity index (χ3n) is 3.98. The van der Waals surface area contributed by atoms with Crippen molar-refractivity contribution in [2.24, 2.45) is 0 Å². The van der Waals surface area contributed by atoms with Crippen molar-refractivity contribution in [3.63, 3.8) is 0 Å². The van der Waals surface area contributed by atoms with Crippen LogP contribution in [0.25, 0.3) is 0 Å². The first-order valence-electron chi connectivity index (χ1n) is 8.54. The summed E-state index contributed by atoms with van der Waals surface area (Å²) in [5.41, 5.74) is -5.65. The van der Waals surface area contributed by atoms with Crippen LogP contribution in [0.5, 0.6) is 0 Å². The number of halogens is 3. The maximum absolute atomic E-state index is 10.7. The topological polar surface area (TPSA) is 61.6 Å². The molecule has 8 heteroatoms. The van der Waals surface area contributed by atoms with Crippen LogP contribution in [0.15, 0.2) is 0 Å². The molecule has 0 atom stereocenters. The zero-order valence-electron chi connectivity index (χ0n) is 14.0. The Labute approximate surface area is 138 Å². The highest BCUT2D eigenvalue weighted by Gasteiger charge is 2.36. The Bertz CT molecular complexity index is 380. The summed E-state index contributed by atoms with van der Waals surface area (Å²) in [6.45, 7) is 6.65. The molecule has 1 aliphatic heterocycles. The van der Waals surface area contributed by atoms with Gasteiger partial charge in [-0.2, -0.15) is 13.2 Å². The second-order valence-electron chi connectivity index (χ2n) is 6.08. The summed E-state index contributed by atoms with van der Waals surface area (Å²) in [7, 11) is -6.09. The van der Waals surface area contributed by atoms with E-state index in [1.165, 1.54) is 83.8 Å². The SMILES string of the molecule is CCCCCCCCCC[NH+]1CCCC1.O=S(=O)([O-])C(F)(F)F. The summed E-state index contributed by atoms with van der Waals surface area (Å²) in [4.78, 5) is 1.88. The smallest absolute Gasteiger partial charge is 0.485 e. The minimum absolute atomic E-state index is 1.37. The summed E-state index contributed by atoms with van der Waals surface area (Å²) in [5, 5.41) is 0. The van der Waals surface area contributed by atoms with Crippen LogP contribution in [0.4, 0.5) is 13.2 Å². The Balaban J connectivity index is 0.000000515. The van der Waals surface area contributed by atoms with Crippen LogP contribution in [0.1, 0.15) is 71.1 Å². The second-order valence-corrected chi connectivity index (χ2v) is 7.45. The highest BCUT2D eigenvalue weighted by atomic mass is 32.2. The summed E-state index contributed by atoms with van der Waals surface area (Å²) in [5.74, 6) is 0. The summed E-state index contributed by atoms with van der Waals surface area (Å²) < 4.78 is 58.9. The van der Waals surface area contributed by atoms with Gasteiger partial charge in [0.25, 0.3) is 0 Å². The molecule has 4 nitrogen and oxygen atoms in total. The lowest BCUT2D eigenvalue weighted by Gasteiger charge is -2.11. The molecule has 0 amide bonds. The van der Waals surface area contributed by atoms with Crippen LogP contribution < -0.4 is 4.90 Å². The van der Waals surface area contributed by atoms with Gasteiger partial charge in [-0.25, -0.2) is 8.42 Å². The van der Waals surface area contributed by atoms with Crippen molar-refractivity contribution in [3.05, 3.63) is 0 Å². The van der Waals surface area contributed by atoms with Crippen molar-refractivity contribution < 1.29 is 31.0 Å². The van der Waals surface area contributed by atoms with Crippen LogP contribution >= 0.6 is 0 Å². The monoisotopic (exact) mass is 361 g/mol. The first-order chi connectivity index (χ1) is 10.7. The molecule has 0 aliphatic carbocycles. The Morgan fingerprint density at radius 2 is 1.30 bits per heavy atom. The second kappa shape index (κ2) is 12.1. The van der Waals surface area contributed by atoms with Gasteiger partial charge in [0, 0.05) is 12.8 Å². The lowest BCUT2D eigenvalue weighted by atomic mass is 10.1. The van der Waals surface area contributed by atoms with E-state index in [9.17, 15) is 13.2 Å². The van der Waals surface area contributed by atoms with Gasteiger partial charge in [-0.1, -0.05) is 45.4 Å². The highest BCUT2D eigenvalue weighted by Crippen LogP contribution is 2.20. The van der Waals surface area contributed by atoms with Crippen molar-refractivity contribution in [2.45, 2.75) is 76.6 Å². The Hall–Kier alpha value is -0.340. The molecule has 0 radical (unpaired) electrons. The van der Waals surface area contributed by atoms with Crippen molar-refractivity contribution >= 4 is 10.1 Å². The molecule has 0 aromatic heterocycles. The molecule has 23 heavy (non-hydrogen) atoms. The number of quaternary nitrogens is 1. The van der Waals surface area contributed by atoms with E-state index >= 15 is 0 Å². The Morgan fingerprint density at radius 3 is 1.70 bits per heavy atom. The lowest BCUT2D eigenvalue weighted by molar-refractivity contribution is -0.887. The number of rotatable bonds is 9. The first kappa shape index (κ1) is 22.7. The van der Waals surface area contributed by atoms with E-state index in [0.29, 0.717) is 0 Å². The van der Waals surface area contributed by atoms with Crippen molar-refractivity contribution in [3.8, 4) is 0 Å². The predicted molar refractivity (Wildman–Crippen MR) is 83.2 cm³/mol. The van der Waals surface area contributed by atoms with Crippen molar-refractivity contribution in [1.82, 2.24) is 0 Å². The maximum atomic E-state index is 10.7. The van der Waals surface area contributed by atoms with E-state index in [2.05, 4.69) is 6.92 Å². The van der Waals surface area contributed by atoms with E-state index < -0.39 is 15.6 Å². The molecule has 1 N–H and O–H groups in total. The average molecular weight is 361 g/mol. The normalized spacial score (nSPS) is 16.2. The van der Waals surface area contributed by atoms with Crippen LogP contribution in [-0.4, -0.2) is 38.1 Å². The summed E-state index contributed by atoms with van der Waals surface area (Å²) in [6.07, 6.45) is 14.6. The maximum Gasteiger partial charge on any atom is 0.485 e. The number of alkyl halides is 3. The third-order valence-corrected chi connectivity index (χ3v) is 4.54. The fourth-order valence-corrected chi connectivity index (χ4v) is 2.63. The van der Waals surface area contributed by atoms with Gasteiger partial charge in [-0.05, 0) is 12.8 Å². The van der Waals surface area contributed by atoms with Gasteiger partial charge in [0.1, 0.15) is 0 Å². The zero-order chi connectivity index (χ0) is 17.8. The highest BCUT2D eigenvalue weighted by molar-refractivity contribution is 7.86. The van der Waals surface area contributed by atoms with Gasteiger partial charge < -0.3 is 9.45 Å². The van der Waals surface area contributed by atoms with E-state index in [0.717, 1.165) is 0 Å². The lowest BCUT2D eigenvalue weighted by Crippen LogP contribution is -3.09. The molecule has 1 aliphatic rings. The molecule has 1 saturated heterocycles. The molecule has 0 unspecified atom stereocenters. The molecule has 0 spiro atoms. The fraction of sp³-hybridized carbons (Fsp3) is 1.00. The van der Waals surface area contributed by atoms with Gasteiger partial charge in [0.05, 0.1) is 19.6 Å². The van der Waals surface area contributed by atoms with Gasteiger partial charge in [0.15, 0.2) is 10.1 Å². The van der Waals surface area contributed by atoms with Crippen molar-refractivity contribution in [1.29, 1.82) is 0 Å². The molecule has 140 valence electrons. The molecule has 0 saturated carbocycles. The molecular weight excluding hydrogens is 331 g/mol. The van der Waals surface area contributed by atoms with Crippen LogP contribution in [0, 0.1) is 0 Å². The number of likely N-dealkylation sites (tertiary alicyclic amines) is 1. The van der Waals surface area contributed by atoms with E-state index in [1.807, 2.05) is 4.90 Å². The largest absolute Gasteiger partial charge is 0.741 e. The van der Waals surface area contributed by atoms with E-state index in [4.69, 9.17) is 13.0 Å². The fourth-order valence-electron chi connectivity index (χ4n) is 2.63. The van der Waals surface area contributed by atoms with Crippen LogP contribution in [0.2, 0.25) is 0 Å². The first-order valence-corrected chi connectivity index (χ1v) is 9.95. The molecule has 0 aromatic rings. The van der Waals surface area contributed by atoms with Gasteiger partial charge in [-0.15, -0.1) is 0 Å². The quantitative estimate of drug-likeness (QED) is 0.390. The standard InChI is InChI=1S/C14H29N.CHF3O3S/c1-2-3-4-5-6-7-8-9-12-15-13-10-11-14-15;2-1(3,4)8(5,6)7/h2-14H2,1H3;(H,5,6,7). The number of hydrogen-bond donors (Lipinski definition) is 1.